The van der Waals surface area contributed by atoms with Crippen LogP contribution in [0.25, 0.3) is 0 Å². The van der Waals surface area contributed by atoms with Crippen LogP contribution in [0.4, 0.5) is 8.78 Å². The zero-order valence-corrected chi connectivity index (χ0v) is 7.92. The predicted octanol–water partition coefficient (Wildman–Crippen LogP) is 1.34. The van der Waals surface area contributed by atoms with Crippen LogP contribution in [0.1, 0.15) is 19.8 Å². The first-order valence-electron chi connectivity index (χ1n) is 4.78. The van der Waals surface area contributed by atoms with E-state index >= 15 is 0 Å². The molecule has 0 spiro atoms. The molecule has 4 heteroatoms. The molecule has 1 N–H and O–H groups in total. The van der Waals surface area contributed by atoms with Crippen molar-refractivity contribution >= 4 is 0 Å². The first-order valence-corrected chi connectivity index (χ1v) is 4.78. The van der Waals surface area contributed by atoms with Gasteiger partial charge in [-0.05, 0) is 25.3 Å². The van der Waals surface area contributed by atoms with E-state index in [-0.39, 0.29) is 19.2 Å². The molecule has 78 valence electrons. The maximum Gasteiger partial charge on any atom is 0.251 e. The van der Waals surface area contributed by atoms with Crippen molar-refractivity contribution in [2.75, 3.05) is 19.7 Å². The van der Waals surface area contributed by atoms with Gasteiger partial charge in [0.05, 0.1) is 13.2 Å². The lowest BCUT2D eigenvalue weighted by Crippen LogP contribution is -2.48. The topological polar surface area (TPSA) is 23.5 Å². The third-order valence-corrected chi connectivity index (χ3v) is 2.79. The van der Waals surface area contributed by atoms with E-state index in [1.807, 2.05) is 6.92 Å². The smallest absolute Gasteiger partial charge is 0.251 e. The van der Waals surface area contributed by atoms with Gasteiger partial charge >= 0.3 is 0 Å². The fraction of sp³-hybridized carbons (Fsp3) is 1.00. The van der Waals surface area contributed by atoms with Gasteiger partial charge < -0.3 is 5.11 Å². The van der Waals surface area contributed by atoms with Crippen molar-refractivity contribution in [3.8, 4) is 0 Å². The molecule has 1 rings (SSSR count). The number of alkyl halides is 2. The number of aliphatic hydroxyl groups is 1. The van der Waals surface area contributed by atoms with E-state index in [1.54, 1.807) is 4.90 Å². The van der Waals surface area contributed by atoms with E-state index in [9.17, 15) is 8.78 Å². The summed E-state index contributed by atoms with van der Waals surface area (Å²) in [5, 5.41) is 9.06. The van der Waals surface area contributed by atoms with Crippen LogP contribution in [-0.2, 0) is 0 Å². The lowest BCUT2D eigenvalue weighted by molar-refractivity contribution is 0.00644. The van der Waals surface area contributed by atoms with Gasteiger partial charge in [-0.15, -0.1) is 0 Å². The number of hydrogen-bond donors (Lipinski definition) is 1. The number of aliphatic hydroxyl groups excluding tert-OH is 1. The molecule has 0 aromatic heterocycles. The van der Waals surface area contributed by atoms with Gasteiger partial charge in [-0.25, -0.2) is 8.78 Å². The minimum Gasteiger partial charge on any atom is -0.395 e. The molecule has 2 nitrogen and oxygen atoms in total. The molecule has 1 heterocycles. The quantitative estimate of drug-likeness (QED) is 0.731. The Morgan fingerprint density at radius 3 is 2.77 bits per heavy atom. The number of hydrogen-bond acceptors (Lipinski definition) is 2. The molecule has 0 bridgehead atoms. The standard InChI is InChI=1S/C9H17F2NO/c1-7-3-2-4-12(5-9(10)11)8(7)6-13/h7-9,13H,2-6H2,1H3. The Kier molecular flexibility index (Phi) is 4.06. The second-order valence-corrected chi connectivity index (χ2v) is 3.76. The number of likely N-dealkylation sites (tertiary alicyclic amines) is 1. The summed E-state index contributed by atoms with van der Waals surface area (Å²) in [4.78, 5) is 1.71. The molecule has 0 aromatic rings. The van der Waals surface area contributed by atoms with Crippen molar-refractivity contribution in [3.63, 3.8) is 0 Å². The number of piperidine rings is 1. The van der Waals surface area contributed by atoms with Crippen LogP contribution in [0.15, 0.2) is 0 Å². The lowest BCUT2D eigenvalue weighted by atomic mass is 9.91. The van der Waals surface area contributed by atoms with Crippen LogP contribution < -0.4 is 0 Å². The average Bonchev–Trinajstić information content (AvgIpc) is 2.03. The third kappa shape index (κ3) is 2.88. The van der Waals surface area contributed by atoms with Gasteiger partial charge in [-0.3, -0.25) is 4.90 Å². The van der Waals surface area contributed by atoms with Crippen molar-refractivity contribution in [1.29, 1.82) is 0 Å². The Morgan fingerprint density at radius 2 is 2.23 bits per heavy atom. The van der Waals surface area contributed by atoms with Gasteiger partial charge in [0.2, 0.25) is 0 Å². The molecule has 13 heavy (non-hydrogen) atoms. The average molecular weight is 193 g/mol. The van der Waals surface area contributed by atoms with Crippen molar-refractivity contribution in [3.05, 3.63) is 0 Å². The molecule has 2 atom stereocenters. The van der Waals surface area contributed by atoms with Crippen molar-refractivity contribution in [1.82, 2.24) is 4.90 Å². The summed E-state index contributed by atoms with van der Waals surface area (Å²) in [6.45, 7) is 2.50. The third-order valence-electron chi connectivity index (χ3n) is 2.79. The summed E-state index contributed by atoms with van der Waals surface area (Å²) >= 11 is 0. The maximum absolute atomic E-state index is 12.1. The summed E-state index contributed by atoms with van der Waals surface area (Å²) < 4.78 is 24.3. The van der Waals surface area contributed by atoms with E-state index in [0.29, 0.717) is 12.5 Å². The van der Waals surface area contributed by atoms with Gasteiger partial charge in [0.15, 0.2) is 0 Å². The Hall–Kier alpha value is -0.220. The normalized spacial score (nSPS) is 31.2. The molecular formula is C9H17F2NO. The fourth-order valence-corrected chi connectivity index (χ4v) is 2.03. The first kappa shape index (κ1) is 10.9. The van der Waals surface area contributed by atoms with Gasteiger partial charge in [0.1, 0.15) is 0 Å². The number of halogens is 2. The fourth-order valence-electron chi connectivity index (χ4n) is 2.03. The van der Waals surface area contributed by atoms with Crippen LogP contribution in [0, 0.1) is 5.92 Å². The number of rotatable bonds is 3. The van der Waals surface area contributed by atoms with Crippen LogP contribution in [0.2, 0.25) is 0 Å². The summed E-state index contributed by atoms with van der Waals surface area (Å²) in [5.74, 6) is 0.331. The minimum absolute atomic E-state index is 0.00606. The van der Waals surface area contributed by atoms with Crippen LogP contribution in [0.5, 0.6) is 0 Å². The molecular weight excluding hydrogens is 176 g/mol. The molecule has 1 fully saturated rings. The Bertz CT molecular complexity index is 155. The highest BCUT2D eigenvalue weighted by Gasteiger charge is 2.29. The van der Waals surface area contributed by atoms with Crippen LogP contribution >= 0.6 is 0 Å². The number of nitrogens with zero attached hydrogens (tertiary/aromatic N) is 1. The van der Waals surface area contributed by atoms with Gasteiger partial charge in [-0.1, -0.05) is 6.92 Å². The highest BCUT2D eigenvalue weighted by atomic mass is 19.3. The van der Waals surface area contributed by atoms with E-state index in [1.165, 1.54) is 0 Å². The van der Waals surface area contributed by atoms with Gasteiger partial charge in [0.25, 0.3) is 6.43 Å². The minimum atomic E-state index is -2.29. The van der Waals surface area contributed by atoms with Crippen molar-refractivity contribution in [2.45, 2.75) is 32.2 Å². The molecule has 1 aliphatic rings. The van der Waals surface area contributed by atoms with Gasteiger partial charge in [-0.2, -0.15) is 0 Å². The second-order valence-electron chi connectivity index (χ2n) is 3.76. The van der Waals surface area contributed by atoms with Crippen molar-refractivity contribution < 1.29 is 13.9 Å². The summed E-state index contributed by atoms with van der Waals surface area (Å²) in [6.07, 6.45) is -0.297. The molecule has 0 aromatic carbocycles. The van der Waals surface area contributed by atoms with E-state index < -0.39 is 6.43 Å². The molecule has 2 unspecified atom stereocenters. The highest BCUT2D eigenvalue weighted by Crippen LogP contribution is 2.23. The maximum atomic E-state index is 12.1. The SMILES string of the molecule is CC1CCCN(CC(F)F)C1CO. The largest absolute Gasteiger partial charge is 0.395 e. The van der Waals surface area contributed by atoms with Gasteiger partial charge in [0, 0.05) is 6.04 Å². The molecule has 0 aliphatic carbocycles. The molecule has 0 amide bonds. The monoisotopic (exact) mass is 193 g/mol. The lowest BCUT2D eigenvalue weighted by Gasteiger charge is -2.38. The summed E-state index contributed by atoms with van der Waals surface area (Å²) in [5.41, 5.74) is 0. The Morgan fingerprint density at radius 1 is 1.54 bits per heavy atom. The Balaban J connectivity index is 2.49. The second kappa shape index (κ2) is 4.86. The molecule has 0 radical (unpaired) electrons. The summed E-state index contributed by atoms with van der Waals surface area (Å²) in [7, 11) is 0. The van der Waals surface area contributed by atoms with Crippen LogP contribution in [0.3, 0.4) is 0 Å². The van der Waals surface area contributed by atoms with E-state index in [2.05, 4.69) is 0 Å². The first-order chi connectivity index (χ1) is 6.15. The molecule has 1 saturated heterocycles. The Labute approximate surface area is 77.5 Å². The molecule has 0 saturated carbocycles. The summed E-state index contributed by atoms with van der Waals surface area (Å²) in [6, 6.07) is -0.0669. The highest BCUT2D eigenvalue weighted by molar-refractivity contribution is 4.81. The zero-order chi connectivity index (χ0) is 9.84. The zero-order valence-electron chi connectivity index (χ0n) is 7.92. The van der Waals surface area contributed by atoms with Crippen molar-refractivity contribution in [2.24, 2.45) is 5.92 Å². The van der Waals surface area contributed by atoms with E-state index in [0.717, 1.165) is 12.8 Å². The van der Waals surface area contributed by atoms with E-state index in [4.69, 9.17) is 5.11 Å². The van der Waals surface area contributed by atoms with Crippen LogP contribution in [-0.4, -0.2) is 42.2 Å². The predicted molar refractivity (Wildman–Crippen MR) is 46.8 cm³/mol. The molecule has 1 aliphatic heterocycles.